The first-order chi connectivity index (χ1) is 14.4. The van der Waals surface area contributed by atoms with Gasteiger partial charge in [-0.3, -0.25) is 10.1 Å². The molecule has 1 atom stereocenters. The summed E-state index contributed by atoms with van der Waals surface area (Å²) < 4.78 is 28.9. The molecule has 0 aromatic heterocycles. The molecule has 0 saturated carbocycles. The molecule has 1 heterocycles. The number of nitro benzene ring substituents is 1. The van der Waals surface area contributed by atoms with E-state index in [1.165, 1.54) is 33.8 Å². The predicted molar refractivity (Wildman–Crippen MR) is 119 cm³/mol. The molecule has 1 fully saturated rings. The number of rotatable bonds is 4. The van der Waals surface area contributed by atoms with Gasteiger partial charge in [0.2, 0.25) is 10.0 Å². The van der Waals surface area contributed by atoms with E-state index < -0.39 is 20.3 Å². The summed E-state index contributed by atoms with van der Waals surface area (Å²) >= 11 is 7.40. The standard InChI is InChI=1S/C21H17ClN2O4S2/c22-17-8-5-15(12-18(17)24(25)26)21-23(10-11-29-21)30(27,28)19-9-6-14-3-1-2-13-4-7-16(19)20(13)14/h1-3,5-6,8-9,12,21H,4,7,10-11H2/t21-/m0/s1. The second-order valence-electron chi connectivity index (χ2n) is 7.36. The molecule has 154 valence electrons. The van der Waals surface area contributed by atoms with Gasteiger partial charge >= 0.3 is 0 Å². The van der Waals surface area contributed by atoms with Gasteiger partial charge in [0.05, 0.1) is 15.2 Å². The molecule has 3 aromatic rings. The highest BCUT2D eigenvalue weighted by Gasteiger charge is 2.39. The van der Waals surface area contributed by atoms with Gasteiger partial charge in [0, 0.05) is 18.4 Å². The van der Waals surface area contributed by atoms with E-state index in [4.69, 9.17) is 11.6 Å². The second-order valence-corrected chi connectivity index (χ2v) is 10.8. The number of hydrogen-bond acceptors (Lipinski definition) is 5. The van der Waals surface area contributed by atoms with Gasteiger partial charge in [-0.15, -0.1) is 11.8 Å². The van der Waals surface area contributed by atoms with Gasteiger partial charge < -0.3 is 0 Å². The molecular weight excluding hydrogens is 444 g/mol. The smallest absolute Gasteiger partial charge is 0.258 e. The maximum Gasteiger partial charge on any atom is 0.288 e. The number of aryl methyl sites for hydroxylation is 2. The minimum Gasteiger partial charge on any atom is -0.258 e. The Labute approximate surface area is 183 Å². The Hall–Kier alpha value is -2.13. The molecule has 1 aliphatic heterocycles. The number of hydrogen-bond donors (Lipinski definition) is 0. The largest absolute Gasteiger partial charge is 0.288 e. The molecule has 0 amide bonds. The van der Waals surface area contributed by atoms with Crippen LogP contribution < -0.4 is 0 Å². The van der Waals surface area contributed by atoms with Crippen LogP contribution in [-0.2, 0) is 22.9 Å². The molecule has 0 unspecified atom stereocenters. The predicted octanol–water partition coefficient (Wildman–Crippen LogP) is 4.94. The summed E-state index contributed by atoms with van der Waals surface area (Å²) in [5.41, 5.74) is 2.41. The average molecular weight is 461 g/mol. The molecule has 9 heteroatoms. The lowest BCUT2D eigenvalue weighted by Crippen LogP contribution is -2.31. The third-order valence-corrected chi connectivity index (χ3v) is 9.39. The van der Waals surface area contributed by atoms with Gasteiger partial charge in [0.25, 0.3) is 5.69 Å². The first-order valence-electron chi connectivity index (χ1n) is 9.49. The van der Waals surface area contributed by atoms with E-state index in [1.54, 1.807) is 12.1 Å². The van der Waals surface area contributed by atoms with Gasteiger partial charge in [0.15, 0.2) is 0 Å². The Bertz CT molecular complexity index is 1310. The summed E-state index contributed by atoms with van der Waals surface area (Å²) in [4.78, 5) is 11.1. The van der Waals surface area contributed by atoms with Crippen LogP contribution in [0.5, 0.6) is 0 Å². The summed E-state index contributed by atoms with van der Waals surface area (Å²) in [7, 11) is -3.77. The van der Waals surface area contributed by atoms with Crippen molar-refractivity contribution in [2.24, 2.45) is 0 Å². The van der Waals surface area contributed by atoms with Crippen LogP contribution in [-0.4, -0.2) is 29.9 Å². The molecule has 6 nitrogen and oxygen atoms in total. The second kappa shape index (κ2) is 7.23. The van der Waals surface area contributed by atoms with E-state index >= 15 is 0 Å². The molecule has 0 N–H and O–H groups in total. The third-order valence-electron chi connectivity index (χ3n) is 5.73. The molecule has 5 rings (SSSR count). The van der Waals surface area contributed by atoms with Crippen molar-refractivity contribution in [2.75, 3.05) is 12.3 Å². The Morgan fingerprint density at radius 1 is 1.13 bits per heavy atom. The van der Waals surface area contributed by atoms with Crippen LogP contribution in [0.3, 0.4) is 0 Å². The monoisotopic (exact) mass is 460 g/mol. The van der Waals surface area contributed by atoms with Crippen molar-refractivity contribution in [1.29, 1.82) is 0 Å². The zero-order chi connectivity index (χ0) is 21.0. The molecule has 0 radical (unpaired) electrons. The summed E-state index contributed by atoms with van der Waals surface area (Å²) in [6.45, 7) is 0.354. The topological polar surface area (TPSA) is 80.5 Å². The van der Waals surface area contributed by atoms with Crippen molar-refractivity contribution < 1.29 is 13.3 Å². The van der Waals surface area contributed by atoms with Gasteiger partial charge in [-0.05, 0) is 52.4 Å². The fourth-order valence-electron chi connectivity index (χ4n) is 4.39. The van der Waals surface area contributed by atoms with E-state index in [1.807, 2.05) is 18.2 Å². The number of nitro groups is 1. The zero-order valence-corrected chi connectivity index (χ0v) is 18.1. The van der Waals surface area contributed by atoms with Gasteiger partial charge in [0.1, 0.15) is 5.02 Å². The lowest BCUT2D eigenvalue weighted by atomic mass is 10.1. The number of halogens is 1. The van der Waals surface area contributed by atoms with Crippen LogP contribution in [0.1, 0.15) is 22.1 Å². The Morgan fingerprint density at radius 2 is 1.97 bits per heavy atom. The highest BCUT2D eigenvalue weighted by atomic mass is 35.5. The zero-order valence-electron chi connectivity index (χ0n) is 15.7. The van der Waals surface area contributed by atoms with Crippen molar-refractivity contribution in [1.82, 2.24) is 4.31 Å². The summed E-state index contributed by atoms with van der Waals surface area (Å²) in [5, 5.41) is 12.9. The maximum absolute atomic E-state index is 13.7. The molecule has 2 aliphatic rings. The number of sulfonamides is 1. The van der Waals surface area contributed by atoms with Gasteiger partial charge in [-0.1, -0.05) is 41.9 Å². The van der Waals surface area contributed by atoms with E-state index in [-0.39, 0.29) is 10.7 Å². The molecular formula is C21H17ClN2O4S2. The van der Waals surface area contributed by atoms with Crippen molar-refractivity contribution in [3.05, 3.63) is 80.4 Å². The average Bonchev–Trinajstić information content (AvgIpc) is 3.38. The lowest BCUT2D eigenvalue weighted by Gasteiger charge is -2.24. The minimum atomic E-state index is -3.77. The van der Waals surface area contributed by atoms with Crippen LogP contribution in [0, 0.1) is 10.1 Å². The van der Waals surface area contributed by atoms with Crippen molar-refractivity contribution in [3.8, 4) is 0 Å². The molecule has 30 heavy (non-hydrogen) atoms. The molecule has 0 bridgehead atoms. The van der Waals surface area contributed by atoms with E-state index in [0.29, 0.717) is 29.2 Å². The van der Waals surface area contributed by atoms with Crippen molar-refractivity contribution in [3.63, 3.8) is 0 Å². The van der Waals surface area contributed by atoms with Crippen LogP contribution in [0.15, 0.2) is 53.4 Å². The number of nitrogens with zero attached hydrogens (tertiary/aromatic N) is 2. The van der Waals surface area contributed by atoms with E-state index in [0.717, 1.165) is 22.8 Å². The molecule has 1 aliphatic carbocycles. The summed E-state index contributed by atoms with van der Waals surface area (Å²) in [6, 6.07) is 14.1. The Kier molecular flexibility index (Phi) is 4.77. The summed E-state index contributed by atoms with van der Waals surface area (Å²) in [5.74, 6) is 0.620. The highest BCUT2D eigenvalue weighted by Crippen LogP contribution is 2.45. The molecule has 3 aromatic carbocycles. The minimum absolute atomic E-state index is 0.0383. The number of benzene rings is 3. The fourth-order valence-corrected chi connectivity index (χ4v) is 8.06. The van der Waals surface area contributed by atoms with Crippen LogP contribution in [0.2, 0.25) is 5.02 Å². The Balaban J connectivity index is 1.60. The van der Waals surface area contributed by atoms with Crippen LogP contribution in [0.4, 0.5) is 5.69 Å². The molecule has 0 spiro atoms. The van der Waals surface area contributed by atoms with E-state index in [2.05, 4.69) is 6.07 Å². The van der Waals surface area contributed by atoms with Crippen molar-refractivity contribution >= 4 is 49.8 Å². The number of thioether (sulfide) groups is 1. The SMILES string of the molecule is O=[N+]([O-])c1cc([C@@H]2SCCN2S(=O)(=O)c2ccc3cccc4c3c2CC4)ccc1Cl. The van der Waals surface area contributed by atoms with Crippen molar-refractivity contribution in [2.45, 2.75) is 23.1 Å². The Morgan fingerprint density at radius 3 is 2.77 bits per heavy atom. The third kappa shape index (κ3) is 3.01. The van der Waals surface area contributed by atoms with E-state index in [9.17, 15) is 18.5 Å². The first-order valence-corrected chi connectivity index (χ1v) is 12.4. The lowest BCUT2D eigenvalue weighted by molar-refractivity contribution is -0.384. The maximum atomic E-state index is 13.7. The highest BCUT2D eigenvalue weighted by molar-refractivity contribution is 8.01. The molecule has 1 saturated heterocycles. The first kappa shape index (κ1) is 19.8. The van der Waals surface area contributed by atoms with Gasteiger partial charge in [-0.25, -0.2) is 8.42 Å². The van der Waals surface area contributed by atoms with Crippen LogP contribution in [0.25, 0.3) is 10.8 Å². The quantitative estimate of drug-likeness (QED) is 0.407. The fraction of sp³-hybridized carbons (Fsp3) is 0.238. The summed E-state index contributed by atoms with van der Waals surface area (Å²) in [6.07, 6.45) is 1.53. The van der Waals surface area contributed by atoms with Crippen LogP contribution >= 0.6 is 23.4 Å². The van der Waals surface area contributed by atoms with Gasteiger partial charge in [-0.2, -0.15) is 4.31 Å². The normalized spacial score (nSPS) is 18.9.